The lowest BCUT2D eigenvalue weighted by molar-refractivity contribution is -0.126. The van der Waals surface area contributed by atoms with Gasteiger partial charge in [0.15, 0.2) is 4.91 Å². The molecule has 1 aliphatic rings. The van der Waals surface area contributed by atoms with Crippen molar-refractivity contribution in [3.05, 3.63) is 69.6 Å². The molecule has 142 valence electrons. The molecule has 0 saturated heterocycles. The predicted octanol–water partition coefficient (Wildman–Crippen LogP) is 3.75. The van der Waals surface area contributed by atoms with Crippen LogP contribution in [0.4, 0.5) is 5.69 Å². The van der Waals surface area contributed by atoms with Crippen LogP contribution >= 0.6 is 11.6 Å². The van der Waals surface area contributed by atoms with Crippen LogP contribution < -0.4 is 4.31 Å². The average molecular weight is 405 g/mol. The topological polar surface area (TPSA) is 57.7 Å². The van der Waals surface area contributed by atoms with Crippen LogP contribution in [-0.2, 0) is 14.8 Å². The highest BCUT2D eigenvalue weighted by molar-refractivity contribution is 7.97. The van der Waals surface area contributed by atoms with Crippen molar-refractivity contribution in [2.45, 2.75) is 13.8 Å². The molecule has 0 aromatic heterocycles. The number of halogens is 1. The van der Waals surface area contributed by atoms with Crippen LogP contribution in [0.25, 0.3) is 5.57 Å². The second-order valence-corrected chi connectivity index (χ2v) is 8.52. The van der Waals surface area contributed by atoms with Crippen LogP contribution in [0.2, 0.25) is 5.02 Å². The molecule has 0 N–H and O–H groups in total. The van der Waals surface area contributed by atoms with E-state index in [1.165, 1.54) is 11.9 Å². The Morgan fingerprint density at radius 1 is 1.07 bits per heavy atom. The number of amides is 1. The lowest BCUT2D eigenvalue weighted by Crippen LogP contribution is -2.41. The van der Waals surface area contributed by atoms with Crippen LogP contribution in [0.3, 0.4) is 0 Å². The summed E-state index contributed by atoms with van der Waals surface area (Å²) in [6.45, 7) is 4.49. The van der Waals surface area contributed by atoms with Gasteiger partial charge >= 0.3 is 0 Å². The summed E-state index contributed by atoms with van der Waals surface area (Å²) in [4.78, 5) is 14.5. The van der Waals surface area contributed by atoms with Gasteiger partial charge in [-0.25, -0.2) is 8.42 Å². The third-order valence-electron chi connectivity index (χ3n) is 4.72. The molecule has 0 atom stereocenters. The standard InChI is InChI=1S/C20H21ClN2O3S/c1-4-23(5-2)20(24)19-18(14-9-7-6-8-10-14)16-13-15(21)11-12-17(16)22(3)27(19,25)26/h6-13H,4-5H2,1-3H3. The Morgan fingerprint density at radius 2 is 1.70 bits per heavy atom. The first kappa shape index (κ1) is 19.5. The Hall–Kier alpha value is -2.31. The maximum Gasteiger partial charge on any atom is 0.270 e. The molecule has 0 unspecified atom stereocenters. The second kappa shape index (κ2) is 7.37. The lowest BCUT2D eigenvalue weighted by Gasteiger charge is -2.32. The number of likely N-dealkylation sites (N-methyl/N-ethyl adjacent to an activating group) is 1. The van der Waals surface area contributed by atoms with E-state index in [1.54, 1.807) is 30.3 Å². The van der Waals surface area contributed by atoms with Gasteiger partial charge in [0.2, 0.25) is 0 Å². The largest absolute Gasteiger partial charge is 0.339 e. The number of hydrogen-bond acceptors (Lipinski definition) is 3. The summed E-state index contributed by atoms with van der Waals surface area (Å²) in [5.41, 5.74) is 2.17. The van der Waals surface area contributed by atoms with E-state index in [0.717, 1.165) is 4.31 Å². The van der Waals surface area contributed by atoms with Crippen molar-refractivity contribution >= 4 is 38.8 Å². The number of sulfonamides is 1. The molecular weight excluding hydrogens is 384 g/mol. The maximum atomic E-state index is 13.3. The summed E-state index contributed by atoms with van der Waals surface area (Å²) < 4.78 is 27.8. The Labute approximate surface area is 164 Å². The Morgan fingerprint density at radius 3 is 2.30 bits per heavy atom. The van der Waals surface area contributed by atoms with Crippen LogP contribution in [0.15, 0.2) is 53.4 Å². The first-order chi connectivity index (χ1) is 12.8. The number of carbonyl (C=O) groups excluding carboxylic acids is 1. The van der Waals surface area contributed by atoms with E-state index < -0.39 is 15.9 Å². The van der Waals surface area contributed by atoms with E-state index >= 15 is 0 Å². The fourth-order valence-electron chi connectivity index (χ4n) is 3.26. The molecule has 7 heteroatoms. The predicted molar refractivity (Wildman–Crippen MR) is 109 cm³/mol. The number of hydrogen-bond donors (Lipinski definition) is 0. The van der Waals surface area contributed by atoms with Crippen LogP contribution in [0, 0.1) is 0 Å². The summed E-state index contributed by atoms with van der Waals surface area (Å²) in [5.74, 6) is -0.503. The minimum Gasteiger partial charge on any atom is -0.339 e. The molecule has 3 rings (SSSR count). The molecule has 5 nitrogen and oxygen atoms in total. The first-order valence-corrected chi connectivity index (χ1v) is 10.5. The monoisotopic (exact) mass is 404 g/mol. The SMILES string of the molecule is CCN(CC)C(=O)C1=C(c2ccccc2)c2cc(Cl)ccc2N(C)S1(=O)=O. The summed E-state index contributed by atoms with van der Waals surface area (Å²) in [6, 6.07) is 14.1. The Balaban J connectivity index is 2.44. The quantitative estimate of drug-likeness (QED) is 0.779. The molecule has 0 saturated carbocycles. The number of carbonyl (C=O) groups is 1. The van der Waals surface area contributed by atoms with Crippen LogP contribution in [-0.4, -0.2) is 39.4 Å². The van der Waals surface area contributed by atoms with Crippen LogP contribution in [0.5, 0.6) is 0 Å². The van der Waals surface area contributed by atoms with Gasteiger partial charge in [0, 0.05) is 36.3 Å². The van der Waals surface area contributed by atoms with Crippen molar-refractivity contribution in [2.75, 3.05) is 24.4 Å². The normalized spacial score (nSPS) is 15.5. The highest BCUT2D eigenvalue weighted by Crippen LogP contribution is 2.43. The second-order valence-electron chi connectivity index (χ2n) is 6.18. The van der Waals surface area contributed by atoms with E-state index in [2.05, 4.69) is 0 Å². The van der Waals surface area contributed by atoms with E-state index in [4.69, 9.17) is 11.6 Å². The number of benzene rings is 2. The zero-order chi connectivity index (χ0) is 19.8. The smallest absolute Gasteiger partial charge is 0.270 e. The number of fused-ring (bicyclic) bond motifs is 1. The van der Waals surface area contributed by atoms with Gasteiger partial charge in [0.05, 0.1) is 5.69 Å². The molecule has 0 spiro atoms. The molecule has 1 amide bonds. The van der Waals surface area contributed by atoms with Crippen molar-refractivity contribution in [2.24, 2.45) is 0 Å². The molecule has 1 aliphatic heterocycles. The van der Waals surface area contributed by atoms with Crippen molar-refractivity contribution < 1.29 is 13.2 Å². The number of rotatable bonds is 4. The summed E-state index contributed by atoms with van der Waals surface area (Å²) in [5, 5.41) is 0.476. The summed E-state index contributed by atoms with van der Waals surface area (Å²) in [6.07, 6.45) is 0. The molecule has 2 aromatic carbocycles. The summed E-state index contributed by atoms with van der Waals surface area (Å²) >= 11 is 6.21. The van der Waals surface area contributed by atoms with Gasteiger partial charge in [-0.2, -0.15) is 0 Å². The highest BCUT2D eigenvalue weighted by atomic mass is 35.5. The fraction of sp³-hybridized carbons (Fsp3) is 0.250. The fourth-order valence-corrected chi connectivity index (χ4v) is 4.96. The minimum atomic E-state index is -4.01. The Bertz CT molecular complexity index is 1010. The van der Waals surface area contributed by atoms with Gasteiger partial charge in [-0.15, -0.1) is 0 Å². The highest BCUT2D eigenvalue weighted by Gasteiger charge is 2.40. The van der Waals surface area contributed by atoms with Crippen molar-refractivity contribution in [1.82, 2.24) is 4.90 Å². The third-order valence-corrected chi connectivity index (χ3v) is 6.77. The lowest BCUT2D eigenvalue weighted by atomic mass is 9.95. The molecule has 0 radical (unpaired) electrons. The molecule has 1 heterocycles. The van der Waals surface area contributed by atoms with Crippen molar-refractivity contribution in [1.29, 1.82) is 0 Å². The number of nitrogens with zero attached hydrogens (tertiary/aromatic N) is 2. The zero-order valence-electron chi connectivity index (χ0n) is 15.4. The van der Waals surface area contributed by atoms with E-state index in [1.807, 2.05) is 32.0 Å². The minimum absolute atomic E-state index is 0.213. The van der Waals surface area contributed by atoms with Gasteiger partial charge in [-0.3, -0.25) is 9.10 Å². The zero-order valence-corrected chi connectivity index (χ0v) is 17.0. The Kier molecular flexibility index (Phi) is 5.31. The average Bonchev–Trinajstić information content (AvgIpc) is 2.66. The summed E-state index contributed by atoms with van der Waals surface area (Å²) in [7, 11) is -2.55. The van der Waals surface area contributed by atoms with E-state index in [-0.39, 0.29) is 4.91 Å². The van der Waals surface area contributed by atoms with Crippen molar-refractivity contribution in [3.8, 4) is 0 Å². The molecule has 2 aromatic rings. The van der Waals surface area contributed by atoms with E-state index in [9.17, 15) is 13.2 Å². The van der Waals surface area contributed by atoms with Gasteiger partial charge < -0.3 is 4.90 Å². The van der Waals surface area contributed by atoms with Gasteiger partial charge in [0.1, 0.15) is 0 Å². The van der Waals surface area contributed by atoms with Gasteiger partial charge in [-0.1, -0.05) is 41.9 Å². The maximum absolute atomic E-state index is 13.3. The van der Waals surface area contributed by atoms with Gasteiger partial charge in [0.25, 0.3) is 15.9 Å². The molecule has 0 aliphatic carbocycles. The molecule has 27 heavy (non-hydrogen) atoms. The van der Waals surface area contributed by atoms with Gasteiger partial charge in [-0.05, 0) is 37.6 Å². The molecular formula is C20H21ClN2O3S. The number of anilines is 1. The molecule has 0 fully saturated rings. The third kappa shape index (κ3) is 3.24. The first-order valence-electron chi connectivity index (χ1n) is 8.70. The van der Waals surface area contributed by atoms with E-state index in [0.29, 0.717) is 40.5 Å². The van der Waals surface area contributed by atoms with Crippen LogP contribution in [0.1, 0.15) is 25.0 Å². The molecule has 0 bridgehead atoms. The van der Waals surface area contributed by atoms with Crippen molar-refractivity contribution in [3.63, 3.8) is 0 Å².